The lowest BCUT2D eigenvalue weighted by Gasteiger charge is -2.40. The number of rotatable bonds is 4. The molecule has 146 valence electrons. The summed E-state index contributed by atoms with van der Waals surface area (Å²) in [4.78, 5) is 27.0. The molecule has 2 aliphatic heterocycles. The van der Waals surface area contributed by atoms with Gasteiger partial charge in [-0.1, -0.05) is 0 Å². The van der Waals surface area contributed by atoms with Crippen LogP contribution in [0.4, 0.5) is 14.6 Å². The molecule has 27 heavy (non-hydrogen) atoms. The van der Waals surface area contributed by atoms with Crippen molar-refractivity contribution in [2.75, 3.05) is 57.4 Å². The quantitative estimate of drug-likeness (QED) is 0.775. The van der Waals surface area contributed by atoms with Gasteiger partial charge in [-0.2, -0.15) is 0 Å². The van der Waals surface area contributed by atoms with E-state index in [-0.39, 0.29) is 12.5 Å². The number of anilines is 1. The zero-order valence-corrected chi connectivity index (χ0v) is 15.6. The maximum absolute atomic E-state index is 12.9. The van der Waals surface area contributed by atoms with E-state index in [1.807, 2.05) is 11.4 Å². The zero-order chi connectivity index (χ0) is 18.8. The van der Waals surface area contributed by atoms with Crippen LogP contribution in [0.5, 0.6) is 0 Å². The Bertz CT molecular complexity index is 796. The second-order valence-corrected chi connectivity index (χ2v) is 7.54. The van der Waals surface area contributed by atoms with Crippen LogP contribution in [0.25, 0.3) is 10.2 Å². The van der Waals surface area contributed by atoms with Crippen LogP contribution in [0, 0.1) is 0 Å². The highest BCUT2D eigenvalue weighted by atomic mass is 32.1. The summed E-state index contributed by atoms with van der Waals surface area (Å²) in [6.07, 6.45) is -0.898. The first-order chi connectivity index (χ1) is 13.1. The van der Waals surface area contributed by atoms with E-state index in [9.17, 15) is 13.6 Å². The number of nitrogens with zero attached hydrogens (tertiary/aromatic N) is 5. The van der Waals surface area contributed by atoms with Crippen molar-refractivity contribution in [3.05, 3.63) is 17.8 Å². The van der Waals surface area contributed by atoms with Crippen molar-refractivity contribution in [3.8, 4) is 0 Å². The van der Waals surface area contributed by atoms with E-state index in [2.05, 4.69) is 14.9 Å². The molecular formula is C17H21F2N5O2S. The number of morpholine rings is 1. The van der Waals surface area contributed by atoms with Gasteiger partial charge >= 0.3 is 0 Å². The molecular weight excluding hydrogens is 376 g/mol. The Morgan fingerprint density at radius 1 is 1.26 bits per heavy atom. The van der Waals surface area contributed by atoms with Crippen molar-refractivity contribution < 1.29 is 18.3 Å². The third-order valence-electron chi connectivity index (χ3n) is 5.01. The van der Waals surface area contributed by atoms with Crippen molar-refractivity contribution in [1.82, 2.24) is 19.8 Å². The second kappa shape index (κ2) is 7.99. The highest BCUT2D eigenvalue weighted by Crippen LogP contribution is 2.28. The minimum absolute atomic E-state index is 0.126. The molecule has 10 heteroatoms. The molecule has 0 radical (unpaired) electrons. The number of piperazine rings is 1. The maximum Gasteiger partial charge on any atom is 0.251 e. The van der Waals surface area contributed by atoms with Gasteiger partial charge in [-0.3, -0.25) is 9.69 Å². The standard InChI is InChI=1S/C17H21F2N5O2S/c18-14(19)9-24-6-7-26-10-13(24)17(25)23-4-2-22(3-5-23)16-15-12(1-8-27-15)20-11-21-16/h1,8,11,13-14H,2-7,9-10H2. The fourth-order valence-electron chi connectivity index (χ4n) is 3.61. The van der Waals surface area contributed by atoms with E-state index in [0.717, 1.165) is 16.0 Å². The topological polar surface area (TPSA) is 61.8 Å². The van der Waals surface area contributed by atoms with E-state index < -0.39 is 19.0 Å². The molecule has 1 amide bonds. The molecule has 2 aliphatic rings. The first-order valence-electron chi connectivity index (χ1n) is 8.95. The normalized spacial score (nSPS) is 22.0. The number of amides is 1. The molecule has 2 saturated heterocycles. The molecule has 0 saturated carbocycles. The van der Waals surface area contributed by atoms with Gasteiger partial charge in [-0.25, -0.2) is 18.7 Å². The van der Waals surface area contributed by atoms with Gasteiger partial charge in [0.2, 0.25) is 5.91 Å². The van der Waals surface area contributed by atoms with Crippen LogP contribution in [0.1, 0.15) is 0 Å². The first kappa shape index (κ1) is 18.5. The van der Waals surface area contributed by atoms with Crippen LogP contribution < -0.4 is 4.90 Å². The van der Waals surface area contributed by atoms with E-state index in [4.69, 9.17) is 4.74 Å². The van der Waals surface area contributed by atoms with Crippen molar-refractivity contribution in [2.24, 2.45) is 0 Å². The molecule has 0 spiro atoms. The number of ether oxygens (including phenoxy) is 1. The molecule has 0 N–H and O–H groups in total. The van der Waals surface area contributed by atoms with Crippen molar-refractivity contribution in [1.29, 1.82) is 0 Å². The summed E-state index contributed by atoms with van der Waals surface area (Å²) >= 11 is 1.60. The number of carbonyl (C=O) groups is 1. The molecule has 1 atom stereocenters. The lowest BCUT2D eigenvalue weighted by Crippen LogP contribution is -2.59. The predicted molar refractivity (Wildman–Crippen MR) is 98.4 cm³/mol. The predicted octanol–water partition coefficient (Wildman–Crippen LogP) is 1.31. The monoisotopic (exact) mass is 397 g/mol. The maximum atomic E-state index is 12.9. The minimum atomic E-state index is -2.46. The van der Waals surface area contributed by atoms with Crippen LogP contribution in [0.2, 0.25) is 0 Å². The Morgan fingerprint density at radius 2 is 2.07 bits per heavy atom. The van der Waals surface area contributed by atoms with Gasteiger partial charge < -0.3 is 14.5 Å². The minimum Gasteiger partial charge on any atom is -0.378 e. The summed E-state index contributed by atoms with van der Waals surface area (Å²) in [6.45, 7) is 2.90. The number of hydrogen-bond acceptors (Lipinski definition) is 7. The number of hydrogen-bond donors (Lipinski definition) is 0. The highest BCUT2D eigenvalue weighted by Gasteiger charge is 2.35. The number of alkyl halides is 2. The van der Waals surface area contributed by atoms with Gasteiger partial charge in [0.1, 0.15) is 18.2 Å². The Kier molecular flexibility index (Phi) is 5.46. The van der Waals surface area contributed by atoms with E-state index in [1.165, 1.54) is 0 Å². The Balaban J connectivity index is 1.41. The molecule has 0 bridgehead atoms. The van der Waals surface area contributed by atoms with Crippen LogP contribution in [-0.2, 0) is 9.53 Å². The molecule has 0 aromatic carbocycles. The Labute approximate surface area is 159 Å². The number of fused-ring (bicyclic) bond motifs is 1. The zero-order valence-electron chi connectivity index (χ0n) is 14.8. The Hall–Kier alpha value is -1.91. The van der Waals surface area contributed by atoms with Crippen LogP contribution in [0.3, 0.4) is 0 Å². The lowest BCUT2D eigenvalue weighted by atomic mass is 10.1. The smallest absolute Gasteiger partial charge is 0.251 e. The van der Waals surface area contributed by atoms with Gasteiger partial charge in [-0.05, 0) is 11.4 Å². The Morgan fingerprint density at radius 3 is 2.85 bits per heavy atom. The molecule has 0 aliphatic carbocycles. The summed E-state index contributed by atoms with van der Waals surface area (Å²) in [5.74, 6) is 0.765. The van der Waals surface area contributed by atoms with Gasteiger partial charge in [-0.15, -0.1) is 11.3 Å². The van der Waals surface area contributed by atoms with Crippen LogP contribution >= 0.6 is 11.3 Å². The van der Waals surface area contributed by atoms with Crippen molar-refractivity contribution in [3.63, 3.8) is 0 Å². The highest BCUT2D eigenvalue weighted by molar-refractivity contribution is 7.17. The van der Waals surface area contributed by atoms with Gasteiger partial charge in [0.15, 0.2) is 0 Å². The number of halogens is 2. The summed E-state index contributed by atoms with van der Waals surface area (Å²) in [7, 11) is 0. The fourth-order valence-corrected chi connectivity index (χ4v) is 4.47. The average Bonchev–Trinajstić information content (AvgIpc) is 3.16. The van der Waals surface area contributed by atoms with Gasteiger partial charge in [0.05, 0.1) is 30.0 Å². The van der Waals surface area contributed by atoms with Gasteiger partial charge in [0, 0.05) is 32.7 Å². The molecule has 2 aromatic heterocycles. The second-order valence-electron chi connectivity index (χ2n) is 6.62. The van der Waals surface area contributed by atoms with E-state index in [0.29, 0.717) is 39.3 Å². The summed E-state index contributed by atoms with van der Waals surface area (Å²) in [5, 5.41) is 1.99. The first-order valence-corrected chi connectivity index (χ1v) is 9.83. The summed E-state index contributed by atoms with van der Waals surface area (Å²) in [6, 6.07) is 1.34. The van der Waals surface area contributed by atoms with E-state index in [1.54, 1.807) is 27.5 Å². The largest absolute Gasteiger partial charge is 0.378 e. The van der Waals surface area contributed by atoms with Crippen molar-refractivity contribution in [2.45, 2.75) is 12.5 Å². The average molecular weight is 397 g/mol. The van der Waals surface area contributed by atoms with Crippen LogP contribution in [0.15, 0.2) is 17.8 Å². The number of carbonyl (C=O) groups excluding carboxylic acids is 1. The van der Waals surface area contributed by atoms with E-state index >= 15 is 0 Å². The summed E-state index contributed by atoms with van der Waals surface area (Å²) in [5.41, 5.74) is 0.922. The summed E-state index contributed by atoms with van der Waals surface area (Å²) < 4.78 is 32.0. The van der Waals surface area contributed by atoms with Gasteiger partial charge in [0.25, 0.3) is 6.43 Å². The van der Waals surface area contributed by atoms with Crippen LogP contribution in [-0.4, -0.2) is 90.6 Å². The molecule has 7 nitrogen and oxygen atoms in total. The molecule has 1 unspecified atom stereocenters. The lowest BCUT2D eigenvalue weighted by molar-refractivity contribution is -0.144. The molecule has 4 rings (SSSR count). The number of aromatic nitrogens is 2. The molecule has 4 heterocycles. The SMILES string of the molecule is O=C(C1COCCN1CC(F)F)N1CCN(c2ncnc3ccsc23)CC1. The van der Waals surface area contributed by atoms with Crippen molar-refractivity contribution >= 4 is 33.3 Å². The third kappa shape index (κ3) is 3.87. The fraction of sp³-hybridized carbons (Fsp3) is 0.588. The number of thiophene rings is 1. The molecule has 2 fully saturated rings. The molecule has 2 aromatic rings. The third-order valence-corrected chi connectivity index (χ3v) is 5.91.